The predicted octanol–water partition coefficient (Wildman–Crippen LogP) is 4.00. The number of pyridine rings is 1. The lowest BCUT2D eigenvalue weighted by Gasteiger charge is -2.16. The molecule has 2 rings (SSSR count). The molecule has 0 saturated carbocycles. The van der Waals surface area contributed by atoms with Gasteiger partial charge in [0.05, 0.1) is 24.9 Å². The Labute approximate surface area is 113 Å². The Kier molecular flexibility index (Phi) is 4.70. The lowest BCUT2D eigenvalue weighted by atomic mass is 10.2. The number of benzene rings is 1. The van der Waals surface area contributed by atoms with E-state index in [1.54, 1.807) is 6.20 Å². The van der Waals surface area contributed by atoms with Crippen LogP contribution in [0.15, 0.2) is 36.5 Å². The molecule has 0 bridgehead atoms. The number of fused-ring (bicyclic) bond motifs is 1. The third-order valence-electron chi connectivity index (χ3n) is 2.67. The van der Waals surface area contributed by atoms with Gasteiger partial charge in [0.1, 0.15) is 0 Å². The number of rotatable bonds is 6. The number of nitrogens with zero attached hydrogens (tertiary/aromatic N) is 1. The smallest absolute Gasteiger partial charge is 0.309 e. The van der Waals surface area contributed by atoms with E-state index in [2.05, 4.69) is 4.98 Å². The minimum absolute atomic E-state index is 0.256. The van der Waals surface area contributed by atoms with E-state index in [9.17, 15) is 4.57 Å². The zero-order chi connectivity index (χ0) is 13.7. The first-order chi connectivity index (χ1) is 9.17. The highest BCUT2D eigenvalue weighted by atomic mass is 31.2. The first-order valence-electron chi connectivity index (χ1n) is 6.38. The second-order valence-electron chi connectivity index (χ2n) is 4.14. The van der Waals surface area contributed by atoms with Crippen LogP contribution < -0.4 is 0 Å². The van der Waals surface area contributed by atoms with Crippen LogP contribution >= 0.6 is 7.60 Å². The van der Waals surface area contributed by atoms with Crippen molar-refractivity contribution in [1.29, 1.82) is 0 Å². The van der Waals surface area contributed by atoms with Gasteiger partial charge in [0.2, 0.25) is 0 Å². The Bertz CT molecular complexity index is 590. The molecule has 0 aliphatic carbocycles. The van der Waals surface area contributed by atoms with Crippen molar-refractivity contribution >= 4 is 18.5 Å². The fraction of sp³-hybridized carbons (Fsp3) is 0.357. The summed E-state index contributed by atoms with van der Waals surface area (Å²) in [5.74, 6) is 0. The van der Waals surface area contributed by atoms with Crippen molar-refractivity contribution in [3.05, 3.63) is 42.1 Å². The van der Waals surface area contributed by atoms with E-state index in [0.29, 0.717) is 13.2 Å². The maximum atomic E-state index is 12.4. The van der Waals surface area contributed by atoms with Crippen LogP contribution in [0.2, 0.25) is 0 Å². The van der Waals surface area contributed by atoms with Crippen molar-refractivity contribution in [2.75, 3.05) is 13.2 Å². The average molecular weight is 279 g/mol. The van der Waals surface area contributed by atoms with E-state index < -0.39 is 7.60 Å². The third-order valence-corrected chi connectivity index (χ3v) is 4.73. The summed E-state index contributed by atoms with van der Waals surface area (Å²) in [6, 6.07) is 9.81. The number of para-hydroxylation sites is 1. The van der Waals surface area contributed by atoms with E-state index in [1.165, 1.54) is 0 Å². The molecular formula is C14H18NO3P. The summed E-state index contributed by atoms with van der Waals surface area (Å²) in [4.78, 5) is 4.35. The Hall–Kier alpha value is -1.22. The number of hydrogen-bond donors (Lipinski definition) is 0. The fourth-order valence-corrected chi connectivity index (χ4v) is 3.61. The average Bonchev–Trinajstić information content (AvgIpc) is 2.39. The van der Waals surface area contributed by atoms with Crippen LogP contribution in [0.3, 0.4) is 0 Å². The van der Waals surface area contributed by atoms with Gasteiger partial charge in [0, 0.05) is 11.6 Å². The number of aromatic nitrogens is 1. The quantitative estimate of drug-likeness (QED) is 0.750. The van der Waals surface area contributed by atoms with Crippen molar-refractivity contribution in [1.82, 2.24) is 4.98 Å². The van der Waals surface area contributed by atoms with Crippen molar-refractivity contribution < 1.29 is 13.6 Å². The fourth-order valence-electron chi connectivity index (χ4n) is 1.95. The molecule has 0 saturated heterocycles. The van der Waals surface area contributed by atoms with Gasteiger partial charge in [-0.25, -0.2) is 0 Å². The van der Waals surface area contributed by atoms with Crippen molar-refractivity contribution in [3.8, 4) is 0 Å². The van der Waals surface area contributed by atoms with Gasteiger partial charge in [0.25, 0.3) is 0 Å². The molecule has 2 aromatic rings. The normalized spacial score (nSPS) is 11.9. The molecule has 0 aliphatic rings. The monoisotopic (exact) mass is 279 g/mol. The summed E-state index contributed by atoms with van der Waals surface area (Å²) in [7, 11) is -3.06. The topological polar surface area (TPSA) is 48.4 Å². The molecule has 19 heavy (non-hydrogen) atoms. The van der Waals surface area contributed by atoms with Crippen LogP contribution in [0, 0.1) is 0 Å². The molecule has 5 heteroatoms. The van der Waals surface area contributed by atoms with Crippen molar-refractivity contribution in [3.63, 3.8) is 0 Å². The highest BCUT2D eigenvalue weighted by Gasteiger charge is 2.24. The van der Waals surface area contributed by atoms with Crippen LogP contribution in [0.25, 0.3) is 10.9 Å². The Morgan fingerprint density at radius 2 is 1.84 bits per heavy atom. The molecule has 102 valence electrons. The van der Waals surface area contributed by atoms with E-state index in [4.69, 9.17) is 9.05 Å². The summed E-state index contributed by atoms with van der Waals surface area (Å²) in [5.41, 5.74) is 1.79. The summed E-state index contributed by atoms with van der Waals surface area (Å²) in [6.07, 6.45) is 1.99. The molecule has 0 radical (unpaired) electrons. The van der Waals surface area contributed by atoms with E-state index in [-0.39, 0.29) is 6.16 Å². The van der Waals surface area contributed by atoms with Crippen LogP contribution in [0.1, 0.15) is 19.4 Å². The Morgan fingerprint density at radius 3 is 2.53 bits per heavy atom. The molecular weight excluding hydrogens is 261 g/mol. The van der Waals surface area contributed by atoms with Crippen molar-refractivity contribution in [2.45, 2.75) is 20.0 Å². The first kappa shape index (κ1) is 14.2. The zero-order valence-electron chi connectivity index (χ0n) is 11.2. The minimum atomic E-state index is -3.06. The minimum Gasteiger partial charge on any atom is -0.309 e. The molecule has 1 heterocycles. The van der Waals surface area contributed by atoms with Crippen LogP contribution in [0.5, 0.6) is 0 Å². The Balaban J connectivity index is 2.26. The van der Waals surface area contributed by atoms with Gasteiger partial charge in [0.15, 0.2) is 0 Å². The van der Waals surface area contributed by atoms with Gasteiger partial charge in [-0.15, -0.1) is 0 Å². The molecule has 0 unspecified atom stereocenters. The lowest BCUT2D eigenvalue weighted by molar-refractivity contribution is 0.219. The molecule has 0 fully saturated rings. The molecule has 0 atom stereocenters. The molecule has 0 amide bonds. The zero-order valence-corrected chi connectivity index (χ0v) is 12.1. The number of hydrogen-bond acceptors (Lipinski definition) is 4. The van der Waals surface area contributed by atoms with Gasteiger partial charge >= 0.3 is 7.60 Å². The van der Waals surface area contributed by atoms with Gasteiger partial charge in [-0.3, -0.25) is 9.55 Å². The Morgan fingerprint density at radius 1 is 1.16 bits per heavy atom. The van der Waals surface area contributed by atoms with Crippen LogP contribution in [0.4, 0.5) is 0 Å². The molecule has 1 aromatic heterocycles. The highest BCUT2D eigenvalue weighted by Crippen LogP contribution is 2.51. The summed E-state index contributed by atoms with van der Waals surface area (Å²) < 4.78 is 23.0. The molecule has 1 aromatic carbocycles. The lowest BCUT2D eigenvalue weighted by Crippen LogP contribution is -1.99. The highest BCUT2D eigenvalue weighted by molar-refractivity contribution is 7.53. The molecule has 0 N–H and O–H groups in total. The summed E-state index contributed by atoms with van der Waals surface area (Å²) >= 11 is 0. The predicted molar refractivity (Wildman–Crippen MR) is 76.3 cm³/mol. The van der Waals surface area contributed by atoms with Crippen LogP contribution in [-0.4, -0.2) is 18.2 Å². The van der Waals surface area contributed by atoms with Crippen LogP contribution in [-0.2, 0) is 19.8 Å². The standard InChI is InChI=1S/C14H18NO3P/c1-3-17-19(16,18-4-2)11-12-9-13-7-5-6-8-14(13)15-10-12/h5-10H,3-4,11H2,1-2H3. The summed E-state index contributed by atoms with van der Waals surface area (Å²) in [6.45, 7) is 4.37. The first-order valence-corrected chi connectivity index (χ1v) is 8.11. The molecule has 0 aliphatic heterocycles. The summed E-state index contributed by atoms with van der Waals surface area (Å²) in [5, 5.41) is 1.03. The molecule has 4 nitrogen and oxygen atoms in total. The largest absolute Gasteiger partial charge is 0.335 e. The van der Waals surface area contributed by atoms with E-state index in [0.717, 1.165) is 16.5 Å². The maximum absolute atomic E-state index is 12.4. The molecule has 0 spiro atoms. The second kappa shape index (κ2) is 6.29. The van der Waals surface area contributed by atoms with Gasteiger partial charge in [-0.05, 0) is 31.5 Å². The van der Waals surface area contributed by atoms with Gasteiger partial charge in [-0.2, -0.15) is 0 Å². The van der Waals surface area contributed by atoms with Gasteiger partial charge in [-0.1, -0.05) is 18.2 Å². The van der Waals surface area contributed by atoms with Gasteiger partial charge < -0.3 is 9.05 Å². The second-order valence-corrected chi connectivity index (χ2v) is 6.20. The third kappa shape index (κ3) is 3.63. The maximum Gasteiger partial charge on any atom is 0.335 e. The van der Waals surface area contributed by atoms with E-state index >= 15 is 0 Å². The SMILES string of the molecule is CCOP(=O)(Cc1cnc2ccccc2c1)OCC. The van der Waals surface area contributed by atoms with E-state index in [1.807, 2.05) is 44.2 Å². The van der Waals surface area contributed by atoms with Crippen molar-refractivity contribution in [2.24, 2.45) is 0 Å².